The van der Waals surface area contributed by atoms with Crippen LogP contribution in [-0.4, -0.2) is 52.2 Å². The van der Waals surface area contributed by atoms with Gasteiger partial charge in [-0.3, -0.25) is 9.69 Å². The molecule has 3 aromatic carbocycles. The number of carboxylic acid groups (broad SMARTS) is 1. The van der Waals surface area contributed by atoms with E-state index in [9.17, 15) is 27.9 Å². The van der Waals surface area contributed by atoms with Crippen molar-refractivity contribution in [2.45, 2.75) is 58.3 Å². The van der Waals surface area contributed by atoms with Crippen LogP contribution in [0.4, 0.5) is 18.0 Å². The molecule has 208 valence electrons. The van der Waals surface area contributed by atoms with E-state index in [0.717, 1.165) is 26.8 Å². The van der Waals surface area contributed by atoms with Gasteiger partial charge in [-0.2, -0.15) is 13.2 Å². The molecule has 4 rings (SSSR count). The van der Waals surface area contributed by atoms with Crippen LogP contribution in [0.1, 0.15) is 57.2 Å². The SMILES string of the molecule is C[C@H](c1cccc2ccccc12)N(C(=O)O)C(C1CCN(C(=O)C(F)(F)F)CC1c1ccccc1)C(C)(C)C. The second-order valence-corrected chi connectivity index (χ2v) is 11.5. The maximum atomic E-state index is 13.4. The number of benzene rings is 3. The van der Waals surface area contributed by atoms with Gasteiger partial charge in [-0.25, -0.2) is 4.79 Å². The van der Waals surface area contributed by atoms with Crippen LogP contribution in [0, 0.1) is 11.3 Å². The first-order valence-corrected chi connectivity index (χ1v) is 13.2. The number of rotatable bonds is 5. The zero-order valence-corrected chi connectivity index (χ0v) is 22.7. The van der Waals surface area contributed by atoms with Gasteiger partial charge in [-0.1, -0.05) is 93.6 Å². The van der Waals surface area contributed by atoms with Gasteiger partial charge in [-0.05, 0) is 46.6 Å². The maximum absolute atomic E-state index is 13.4. The Hall–Kier alpha value is -3.55. The maximum Gasteiger partial charge on any atom is 0.471 e. The molecule has 1 N–H and O–H groups in total. The quantitative estimate of drug-likeness (QED) is 0.365. The van der Waals surface area contributed by atoms with Crippen molar-refractivity contribution in [3.63, 3.8) is 0 Å². The predicted octanol–water partition coefficient (Wildman–Crippen LogP) is 7.49. The first-order chi connectivity index (χ1) is 18.3. The van der Waals surface area contributed by atoms with Gasteiger partial charge in [0.15, 0.2) is 0 Å². The summed E-state index contributed by atoms with van der Waals surface area (Å²) in [6, 6.07) is 21.7. The normalized spacial score (nSPS) is 19.9. The third-order valence-corrected chi connectivity index (χ3v) is 7.93. The fourth-order valence-corrected chi connectivity index (χ4v) is 6.32. The molecule has 1 aliphatic heterocycles. The largest absolute Gasteiger partial charge is 0.471 e. The van der Waals surface area contributed by atoms with Crippen LogP contribution in [-0.2, 0) is 4.79 Å². The number of carbonyl (C=O) groups excluding carboxylic acids is 1. The summed E-state index contributed by atoms with van der Waals surface area (Å²) in [4.78, 5) is 27.6. The molecule has 3 unspecified atom stereocenters. The molecule has 0 aliphatic carbocycles. The lowest BCUT2D eigenvalue weighted by Gasteiger charge is -2.51. The summed E-state index contributed by atoms with van der Waals surface area (Å²) in [7, 11) is 0. The van der Waals surface area contributed by atoms with Crippen LogP contribution in [0.25, 0.3) is 10.8 Å². The standard InChI is InChI=1S/C31H35F3N2O3/c1-20(23-16-10-14-21-13-8-9-15-24(21)23)36(29(38)39)27(30(2,3)4)25-17-18-35(28(37)31(32,33)34)19-26(25)22-11-6-5-7-12-22/h5-16,20,25-27H,17-19H2,1-4H3,(H,38,39)/t20-,25?,26?,27?/m1/s1. The van der Waals surface area contributed by atoms with Gasteiger partial charge >= 0.3 is 18.2 Å². The molecule has 5 nitrogen and oxygen atoms in total. The summed E-state index contributed by atoms with van der Waals surface area (Å²) < 4.78 is 40.2. The number of piperidine rings is 1. The monoisotopic (exact) mass is 540 g/mol. The number of alkyl halides is 3. The molecule has 1 saturated heterocycles. The molecule has 2 amide bonds. The Balaban J connectivity index is 1.81. The van der Waals surface area contributed by atoms with E-state index < -0.39 is 41.6 Å². The Morgan fingerprint density at radius 2 is 1.56 bits per heavy atom. The molecule has 0 bridgehead atoms. The van der Waals surface area contributed by atoms with Crippen molar-refractivity contribution >= 4 is 22.8 Å². The molecule has 0 radical (unpaired) electrons. The molecule has 0 spiro atoms. The van der Waals surface area contributed by atoms with Gasteiger partial charge in [0.1, 0.15) is 0 Å². The Morgan fingerprint density at radius 1 is 0.949 bits per heavy atom. The molecular formula is C31H35F3N2O3. The van der Waals surface area contributed by atoms with E-state index in [1.54, 1.807) is 0 Å². The number of halogens is 3. The smallest absolute Gasteiger partial charge is 0.465 e. The lowest BCUT2D eigenvalue weighted by molar-refractivity contribution is -0.187. The number of likely N-dealkylation sites (tertiary alicyclic amines) is 1. The van der Waals surface area contributed by atoms with Gasteiger partial charge in [0.2, 0.25) is 0 Å². The van der Waals surface area contributed by atoms with E-state index in [1.807, 2.05) is 100 Å². The highest BCUT2D eigenvalue weighted by molar-refractivity contribution is 5.86. The van der Waals surface area contributed by atoms with Crippen molar-refractivity contribution < 1.29 is 27.9 Å². The number of hydrogen-bond acceptors (Lipinski definition) is 2. The predicted molar refractivity (Wildman–Crippen MR) is 145 cm³/mol. The van der Waals surface area contributed by atoms with Crippen LogP contribution < -0.4 is 0 Å². The van der Waals surface area contributed by atoms with Crippen LogP contribution in [0.2, 0.25) is 0 Å². The molecule has 3 aromatic rings. The molecule has 4 atom stereocenters. The molecule has 39 heavy (non-hydrogen) atoms. The van der Waals surface area contributed by atoms with E-state index >= 15 is 0 Å². The summed E-state index contributed by atoms with van der Waals surface area (Å²) in [6.45, 7) is 7.56. The van der Waals surface area contributed by atoms with Crippen molar-refractivity contribution in [1.29, 1.82) is 0 Å². The average Bonchev–Trinajstić information content (AvgIpc) is 2.89. The Bertz CT molecular complexity index is 1310. The topological polar surface area (TPSA) is 60.9 Å². The van der Waals surface area contributed by atoms with Crippen LogP contribution in [0.5, 0.6) is 0 Å². The van der Waals surface area contributed by atoms with Gasteiger partial charge in [0.05, 0.1) is 6.04 Å². The summed E-state index contributed by atoms with van der Waals surface area (Å²) in [5.41, 5.74) is 1.11. The zero-order valence-electron chi connectivity index (χ0n) is 22.7. The molecule has 1 fully saturated rings. The molecular weight excluding hydrogens is 505 g/mol. The minimum absolute atomic E-state index is 0.0883. The molecule has 8 heteroatoms. The molecule has 1 aliphatic rings. The van der Waals surface area contributed by atoms with Crippen LogP contribution in [0.15, 0.2) is 72.8 Å². The number of amides is 2. The first-order valence-electron chi connectivity index (χ1n) is 13.2. The lowest BCUT2D eigenvalue weighted by atomic mass is 9.67. The van der Waals surface area contributed by atoms with E-state index in [1.165, 1.54) is 4.90 Å². The second-order valence-electron chi connectivity index (χ2n) is 11.5. The molecule has 0 saturated carbocycles. The van der Waals surface area contributed by atoms with E-state index in [-0.39, 0.29) is 25.4 Å². The highest BCUT2D eigenvalue weighted by atomic mass is 19.4. The van der Waals surface area contributed by atoms with Gasteiger partial charge in [0.25, 0.3) is 0 Å². The number of hydrogen-bond donors (Lipinski definition) is 1. The van der Waals surface area contributed by atoms with Gasteiger partial charge < -0.3 is 10.0 Å². The Labute approximate surface area is 227 Å². The lowest BCUT2D eigenvalue weighted by Crippen LogP contribution is -2.57. The number of nitrogens with zero attached hydrogens (tertiary/aromatic N) is 2. The average molecular weight is 541 g/mol. The minimum atomic E-state index is -4.96. The Kier molecular flexibility index (Phi) is 7.96. The van der Waals surface area contributed by atoms with Gasteiger partial charge in [-0.15, -0.1) is 0 Å². The Morgan fingerprint density at radius 3 is 2.18 bits per heavy atom. The van der Waals surface area contributed by atoms with E-state index in [0.29, 0.717) is 0 Å². The number of fused-ring (bicyclic) bond motifs is 1. The third kappa shape index (κ3) is 5.89. The second kappa shape index (κ2) is 10.9. The third-order valence-electron chi connectivity index (χ3n) is 7.93. The highest BCUT2D eigenvalue weighted by Gasteiger charge is 2.50. The van der Waals surface area contributed by atoms with Crippen LogP contribution in [0.3, 0.4) is 0 Å². The van der Waals surface area contributed by atoms with Crippen molar-refractivity contribution in [1.82, 2.24) is 9.80 Å². The fourth-order valence-electron chi connectivity index (χ4n) is 6.32. The van der Waals surface area contributed by atoms with Crippen molar-refractivity contribution in [3.05, 3.63) is 83.9 Å². The summed E-state index contributed by atoms with van der Waals surface area (Å²) in [5, 5.41) is 12.6. The molecule has 0 aromatic heterocycles. The minimum Gasteiger partial charge on any atom is -0.465 e. The van der Waals surface area contributed by atoms with E-state index in [2.05, 4.69) is 0 Å². The summed E-state index contributed by atoms with van der Waals surface area (Å²) in [5.74, 6) is -2.65. The number of carbonyl (C=O) groups is 2. The summed E-state index contributed by atoms with van der Waals surface area (Å²) >= 11 is 0. The van der Waals surface area contributed by atoms with Crippen LogP contribution >= 0.6 is 0 Å². The van der Waals surface area contributed by atoms with Crippen molar-refractivity contribution in [2.24, 2.45) is 11.3 Å². The van der Waals surface area contributed by atoms with Gasteiger partial charge in [0, 0.05) is 25.0 Å². The summed E-state index contributed by atoms with van der Waals surface area (Å²) in [6.07, 6.45) is -5.81. The first kappa shape index (κ1) is 28.5. The zero-order chi connectivity index (χ0) is 28.5. The van der Waals surface area contributed by atoms with Crippen molar-refractivity contribution in [2.75, 3.05) is 13.1 Å². The van der Waals surface area contributed by atoms with E-state index in [4.69, 9.17) is 0 Å². The highest BCUT2D eigenvalue weighted by Crippen LogP contribution is 2.46. The van der Waals surface area contributed by atoms with Crippen molar-refractivity contribution in [3.8, 4) is 0 Å². The molecule has 1 heterocycles. The fraction of sp³-hybridized carbons (Fsp3) is 0.419.